The summed E-state index contributed by atoms with van der Waals surface area (Å²) in [5.74, 6) is -1.15. The molecule has 0 fully saturated rings. The van der Waals surface area contributed by atoms with E-state index in [0.29, 0.717) is 10.6 Å². The molecule has 0 aliphatic rings. The lowest BCUT2D eigenvalue weighted by Crippen LogP contribution is -2.24. The third-order valence-corrected chi connectivity index (χ3v) is 3.20. The molecular formula is C11H9FN2O2S2. The van der Waals surface area contributed by atoms with E-state index in [0.717, 1.165) is 11.3 Å². The van der Waals surface area contributed by atoms with Gasteiger partial charge in [0.1, 0.15) is 5.82 Å². The molecule has 0 unspecified atom stereocenters. The number of carbonyl (C=O) groups is 1. The van der Waals surface area contributed by atoms with Crippen molar-refractivity contribution in [3.63, 3.8) is 0 Å². The summed E-state index contributed by atoms with van der Waals surface area (Å²) in [5.41, 5.74) is 0.515. The second-order valence-electron chi connectivity index (χ2n) is 3.52. The average Bonchev–Trinajstić information content (AvgIpc) is 2.75. The summed E-state index contributed by atoms with van der Waals surface area (Å²) in [4.78, 5) is 25.5. The van der Waals surface area contributed by atoms with E-state index in [1.54, 1.807) is 5.38 Å². The Balaban J connectivity index is 2.08. The largest absolute Gasteiger partial charge is 0.346 e. The first kappa shape index (κ1) is 12.8. The van der Waals surface area contributed by atoms with Gasteiger partial charge in [-0.15, -0.1) is 12.6 Å². The molecule has 1 heterocycles. The van der Waals surface area contributed by atoms with Crippen LogP contribution in [0.5, 0.6) is 0 Å². The first-order valence-electron chi connectivity index (χ1n) is 4.99. The van der Waals surface area contributed by atoms with Crippen LogP contribution in [0.3, 0.4) is 0 Å². The molecule has 2 rings (SSSR count). The van der Waals surface area contributed by atoms with Crippen molar-refractivity contribution in [3.8, 4) is 0 Å². The molecule has 1 amide bonds. The van der Waals surface area contributed by atoms with E-state index >= 15 is 0 Å². The molecule has 94 valence electrons. The van der Waals surface area contributed by atoms with Crippen molar-refractivity contribution in [2.75, 3.05) is 0 Å². The Labute approximate surface area is 111 Å². The lowest BCUT2D eigenvalue weighted by atomic mass is 10.2. The van der Waals surface area contributed by atoms with Crippen molar-refractivity contribution in [2.45, 2.75) is 11.4 Å². The van der Waals surface area contributed by atoms with E-state index in [4.69, 9.17) is 0 Å². The van der Waals surface area contributed by atoms with Crippen LogP contribution in [0.1, 0.15) is 16.1 Å². The van der Waals surface area contributed by atoms with Crippen LogP contribution in [0.25, 0.3) is 0 Å². The van der Waals surface area contributed by atoms with Crippen LogP contribution in [-0.2, 0) is 6.54 Å². The quantitative estimate of drug-likeness (QED) is 0.753. The molecule has 0 spiro atoms. The predicted octanol–water partition coefficient (Wildman–Crippen LogP) is 1.79. The average molecular weight is 284 g/mol. The molecule has 0 aliphatic heterocycles. The summed E-state index contributed by atoms with van der Waals surface area (Å²) in [7, 11) is 0. The maximum atomic E-state index is 13.4. The topological polar surface area (TPSA) is 62.0 Å². The fraction of sp³-hybridized carbons (Fsp3) is 0.0909. The van der Waals surface area contributed by atoms with Crippen LogP contribution in [0.4, 0.5) is 4.39 Å². The zero-order valence-electron chi connectivity index (χ0n) is 9.07. The number of rotatable bonds is 3. The lowest BCUT2D eigenvalue weighted by Gasteiger charge is -2.05. The Bertz CT molecular complexity index is 636. The number of carbonyl (C=O) groups excluding carboxylic acids is 1. The van der Waals surface area contributed by atoms with Gasteiger partial charge in [-0.1, -0.05) is 11.3 Å². The molecule has 0 saturated heterocycles. The molecule has 2 aromatic rings. The van der Waals surface area contributed by atoms with Crippen LogP contribution in [0.15, 0.2) is 33.3 Å². The summed E-state index contributed by atoms with van der Waals surface area (Å²) < 4.78 is 13.4. The van der Waals surface area contributed by atoms with E-state index in [9.17, 15) is 14.0 Å². The lowest BCUT2D eigenvalue weighted by molar-refractivity contribution is 0.0946. The molecule has 1 aromatic carbocycles. The van der Waals surface area contributed by atoms with Crippen LogP contribution in [-0.4, -0.2) is 10.9 Å². The van der Waals surface area contributed by atoms with Gasteiger partial charge >= 0.3 is 4.87 Å². The van der Waals surface area contributed by atoms with E-state index in [1.165, 1.54) is 18.2 Å². The first-order valence-corrected chi connectivity index (χ1v) is 6.32. The fourth-order valence-corrected chi connectivity index (χ4v) is 2.14. The van der Waals surface area contributed by atoms with E-state index < -0.39 is 11.7 Å². The SMILES string of the molecule is O=C(NCc1csc(=O)[nH]1)c1cc(S)ccc1F. The number of aromatic nitrogens is 1. The normalized spacial score (nSPS) is 10.3. The van der Waals surface area contributed by atoms with E-state index in [1.807, 2.05) is 0 Å². The summed E-state index contributed by atoms with van der Waals surface area (Å²) in [5, 5.41) is 4.13. The van der Waals surface area contributed by atoms with Crippen molar-refractivity contribution < 1.29 is 9.18 Å². The summed E-state index contributed by atoms with van der Waals surface area (Å²) in [6.45, 7) is 0.147. The first-order chi connectivity index (χ1) is 8.56. The van der Waals surface area contributed by atoms with Crippen LogP contribution < -0.4 is 10.2 Å². The van der Waals surface area contributed by atoms with Gasteiger partial charge in [-0.3, -0.25) is 9.59 Å². The number of nitrogens with one attached hydrogen (secondary N) is 2. The summed E-state index contributed by atoms with van der Waals surface area (Å²) in [6.07, 6.45) is 0. The van der Waals surface area contributed by atoms with Crippen molar-refractivity contribution in [1.82, 2.24) is 10.3 Å². The van der Waals surface area contributed by atoms with Gasteiger partial charge in [0.15, 0.2) is 0 Å². The predicted molar refractivity (Wildman–Crippen MR) is 69.8 cm³/mol. The minimum Gasteiger partial charge on any atom is -0.346 e. The Morgan fingerprint density at radius 3 is 2.94 bits per heavy atom. The standard InChI is InChI=1S/C11H9FN2O2S2/c12-9-2-1-7(17)3-8(9)10(15)13-4-6-5-18-11(16)14-6/h1-3,5,17H,4H2,(H,13,15)(H,14,16). The molecule has 0 bridgehead atoms. The Morgan fingerprint density at radius 1 is 1.50 bits per heavy atom. The second-order valence-corrected chi connectivity index (χ2v) is 4.88. The zero-order valence-corrected chi connectivity index (χ0v) is 10.8. The number of thiazole rings is 1. The molecule has 1 aromatic heterocycles. The highest BCUT2D eigenvalue weighted by Gasteiger charge is 2.11. The van der Waals surface area contributed by atoms with Gasteiger partial charge in [-0.05, 0) is 18.2 Å². The number of halogens is 1. The molecule has 0 radical (unpaired) electrons. The molecule has 0 saturated carbocycles. The fourth-order valence-electron chi connectivity index (χ4n) is 1.36. The maximum absolute atomic E-state index is 13.4. The van der Waals surface area contributed by atoms with Gasteiger partial charge in [0, 0.05) is 16.0 Å². The molecule has 4 nitrogen and oxygen atoms in total. The molecule has 18 heavy (non-hydrogen) atoms. The van der Waals surface area contributed by atoms with Crippen molar-refractivity contribution in [3.05, 3.63) is 50.3 Å². The minimum absolute atomic E-state index is 0.0694. The third kappa shape index (κ3) is 2.99. The summed E-state index contributed by atoms with van der Waals surface area (Å²) in [6, 6.07) is 4.00. The third-order valence-electron chi connectivity index (χ3n) is 2.20. The highest BCUT2D eigenvalue weighted by atomic mass is 32.1. The molecule has 0 aliphatic carbocycles. The Kier molecular flexibility index (Phi) is 3.83. The van der Waals surface area contributed by atoms with Crippen molar-refractivity contribution >= 4 is 29.9 Å². The minimum atomic E-state index is -0.607. The number of hydrogen-bond acceptors (Lipinski definition) is 4. The van der Waals surface area contributed by atoms with Crippen molar-refractivity contribution in [2.24, 2.45) is 0 Å². The monoisotopic (exact) mass is 284 g/mol. The Hall–Kier alpha value is -1.60. The molecular weight excluding hydrogens is 275 g/mol. The summed E-state index contributed by atoms with van der Waals surface area (Å²) >= 11 is 5.05. The number of thiol groups is 1. The highest BCUT2D eigenvalue weighted by Crippen LogP contribution is 2.13. The van der Waals surface area contributed by atoms with Gasteiger partial charge in [0.25, 0.3) is 5.91 Å². The number of benzene rings is 1. The van der Waals surface area contributed by atoms with Gasteiger partial charge < -0.3 is 10.3 Å². The van der Waals surface area contributed by atoms with E-state index in [2.05, 4.69) is 22.9 Å². The van der Waals surface area contributed by atoms with E-state index in [-0.39, 0.29) is 17.0 Å². The van der Waals surface area contributed by atoms with Gasteiger partial charge in [0.05, 0.1) is 12.1 Å². The van der Waals surface area contributed by atoms with Gasteiger partial charge in [0.2, 0.25) is 0 Å². The van der Waals surface area contributed by atoms with Crippen LogP contribution >= 0.6 is 24.0 Å². The highest BCUT2D eigenvalue weighted by molar-refractivity contribution is 7.80. The molecule has 0 atom stereocenters. The van der Waals surface area contributed by atoms with Gasteiger partial charge in [-0.25, -0.2) is 4.39 Å². The van der Waals surface area contributed by atoms with Gasteiger partial charge in [-0.2, -0.15) is 0 Å². The number of H-pyrrole nitrogens is 1. The maximum Gasteiger partial charge on any atom is 0.304 e. The number of hydrogen-bond donors (Lipinski definition) is 3. The number of aromatic amines is 1. The number of amides is 1. The Morgan fingerprint density at radius 2 is 2.28 bits per heavy atom. The smallest absolute Gasteiger partial charge is 0.304 e. The van der Waals surface area contributed by atoms with Crippen LogP contribution in [0, 0.1) is 5.82 Å². The van der Waals surface area contributed by atoms with Crippen molar-refractivity contribution in [1.29, 1.82) is 0 Å². The second kappa shape index (κ2) is 5.36. The molecule has 7 heteroatoms. The van der Waals surface area contributed by atoms with Crippen LogP contribution in [0.2, 0.25) is 0 Å². The molecule has 2 N–H and O–H groups in total. The zero-order chi connectivity index (χ0) is 13.1.